The molecule has 1 amide bonds. The lowest BCUT2D eigenvalue weighted by atomic mass is 9.92. The number of benzene rings is 2. The van der Waals surface area contributed by atoms with Crippen molar-refractivity contribution in [1.82, 2.24) is 20.1 Å². The maximum atomic E-state index is 13.2. The Morgan fingerprint density at radius 3 is 2.52 bits per heavy atom. The second kappa shape index (κ2) is 10.0. The zero-order chi connectivity index (χ0) is 22.6. The molecule has 0 aliphatic heterocycles. The predicted molar refractivity (Wildman–Crippen MR) is 123 cm³/mol. The fourth-order valence-electron chi connectivity index (χ4n) is 2.86. The summed E-state index contributed by atoms with van der Waals surface area (Å²) >= 11 is 14.1. The van der Waals surface area contributed by atoms with Gasteiger partial charge in [-0.15, -0.1) is 10.2 Å². The van der Waals surface area contributed by atoms with Crippen molar-refractivity contribution in [2.24, 2.45) is 5.41 Å². The van der Waals surface area contributed by atoms with Crippen LogP contribution in [0.15, 0.2) is 47.6 Å². The average Bonchev–Trinajstić information content (AvgIpc) is 3.09. The first-order valence-electron chi connectivity index (χ1n) is 9.66. The van der Waals surface area contributed by atoms with E-state index < -0.39 is 0 Å². The second-order valence-corrected chi connectivity index (χ2v) is 10.0. The van der Waals surface area contributed by atoms with Gasteiger partial charge in [-0.2, -0.15) is 0 Å². The maximum absolute atomic E-state index is 13.2. The number of hydrogen-bond donors (Lipinski definition) is 1. The summed E-state index contributed by atoms with van der Waals surface area (Å²) in [7, 11) is 0. The lowest BCUT2D eigenvalue weighted by Crippen LogP contribution is -2.28. The van der Waals surface area contributed by atoms with E-state index in [0.29, 0.717) is 38.9 Å². The first-order chi connectivity index (χ1) is 14.6. The van der Waals surface area contributed by atoms with Crippen molar-refractivity contribution in [3.8, 4) is 5.69 Å². The summed E-state index contributed by atoms with van der Waals surface area (Å²) in [6, 6.07) is 11.4. The molecular weight excluding hydrogens is 458 g/mol. The molecule has 0 aliphatic rings. The van der Waals surface area contributed by atoms with Gasteiger partial charge in [0.05, 0.1) is 17.3 Å². The van der Waals surface area contributed by atoms with E-state index >= 15 is 0 Å². The fourth-order valence-corrected chi connectivity index (χ4v) is 4.15. The van der Waals surface area contributed by atoms with Crippen LogP contribution >= 0.6 is 35.0 Å². The Labute approximate surface area is 195 Å². The van der Waals surface area contributed by atoms with Gasteiger partial charge in [0.1, 0.15) is 5.82 Å². The number of thioether (sulfide) groups is 1. The number of carbonyl (C=O) groups excluding carboxylic acids is 1. The van der Waals surface area contributed by atoms with Gasteiger partial charge in [-0.3, -0.25) is 9.36 Å². The smallest absolute Gasteiger partial charge is 0.220 e. The lowest BCUT2D eigenvalue weighted by molar-refractivity contribution is -0.123. The van der Waals surface area contributed by atoms with Crippen molar-refractivity contribution in [3.63, 3.8) is 0 Å². The topological polar surface area (TPSA) is 59.8 Å². The van der Waals surface area contributed by atoms with Crippen molar-refractivity contribution < 1.29 is 9.18 Å². The Bertz CT molecular complexity index is 1060. The molecule has 2 aromatic carbocycles. The zero-order valence-electron chi connectivity index (χ0n) is 17.5. The van der Waals surface area contributed by atoms with Gasteiger partial charge < -0.3 is 5.32 Å². The van der Waals surface area contributed by atoms with Gasteiger partial charge in [0.15, 0.2) is 11.0 Å². The third-order valence-electron chi connectivity index (χ3n) is 4.27. The Morgan fingerprint density at radius 2 is 1.84 bits per heavy atom. The molecule has 0 unspecified atom stereocenters. The van der Waals surface area contributed by atoms with Crippen LogP contribution in [0.25, 0.3) is 5.69 Å². The second-order valence-electron chi connectivity index (χ2n) is 8.26. The molecule has 164 valence electrons. The van der Waals surface area contributed by atoms with Crippen LogP contribution in [0.4, 0.5) is 4.39 Å². The fraction of sp³-hybridized carbons (Fsp3) is 0.318. The molecule has 1 N–H and O–H groups in total. The summed E-state index contributed by atoms with van der Waals surface area (Å²) in [6.07, 6.45) is 0.394. The highest BCUT2D eigenvalue weighted by Crippen LogP contribution is 2.31. The Morgan fingerprint density at radius 1 is 1.13 bits per heavy atom. The molecule has 5 nitrogen and oxygen atoms in total. The van der Waals surface area contributed by atoms with Crippen molar-refractivity contribution >= 4 is 40.9 Å². The van der Waals surface area contributed by atoms with Gasteiger partial charge in [-0.1, -0.05) is 67.9 Å². The first-order valence-corrected chi connectivity index (χ1v) is 11.4. The molecule has 0 atom stereocenters. The number of rotatable bonds is 7. The van der Waals surface area contributed by atoms with E-state index in [1.54, 1.807) is 34.9 Å². The Kier molecular flexibility index (Phi) is 7.62. The lowest BCUT2D eigenvalue weighted by Gasteiger charge is -2.17. The highest BCUT2D eigenvalue weighted by molar-refractivity contribution is 7.98. The number of hydrogen-bond acceptors (Lipinski definition) is 4. The molecular formula is C22H23Cl2FN4OS. The monoisotopic (exact) mass is 480 g/mol. The van der Waals surface area contributed by atoms with Crippen LogP contribution < -0.4 is 5.32 Å². The summed E-state index contributed by atoms with van der Waals surface area (Å²) in [5, 5.41) is 13.1. The molecule has 31 heavy (non-hydrogen) atoms. The van der Waals surface area contributed by atoms with E-state index in [1.807, 2.05) is 20.8 Å². The van der Waals surface area contributed by atoms with Crippen molar-refractivity contribution in [1.29, 1.82) is 0 Å². The molecule has 3 rings (SSSR count). The minimum absolute atomic E-state index is 0.0697. The van der Waals surface area contributed by atoms with Crippen LogP contribution in [0.1, 0.15) is 38.6 Å². The molecule has 0 saturated carbocycles. The molecule has 0 aliphatic carbocycles. The van der Waals surface area contributed by atoms with Crippen LogP contribution in [0.2, 0.25) is 10.0 Å². The van der Waals surface area contributed by atoms with Crippen LogP contribution in [0, 0.1) is 11.2 Å². The number of amides is 1. The maximum Gasteiger partial charge on any atom is 0.220 e. The molecule has 0 fully saturated rings. The third kappa shape index (κ3) is 6.69. The zero-order valence-corrected chi connectivity index (χ0v) is 19.8. The van der Waals surface area contributed by atoms with Gasteiger partial charge >= 0.3 is 0 Å². The summed E-state index contributed by atoms with van der Waals surface area (Å²) in [6.45, 7) is 6.21. The minimum Gasteiger partial charge on any atom is -0.349 e. The van der Waals surface area contributed by atoms with Crippen LogP contribution in [-0.4, -0.2) is 20.7 Å². The van der Waals surface area contributed by atoms with Crippen molar-refractivity contribution in [3.05, 3.63) is 69.7 Å². The van der Waals surface area contributed by atoms with Gasteiger partial charge in [0.2, 0.25) is 5.91 Å². The molecule has 0 spiro atoms. The van der Waals surface area contributed by atoms with E-state index in [-0.39, 0.29) is 23.7 Å². The van der Waals surface area contributed by atoms with Gasteiger partial charge in [0, 0.05) is 17.2 Å². The Hall–Kier alpha value is -2.09. The quantitative estimate of drug-likeness (QED) is 0.417. The SMILES string of the molecule is CC(C)(C)CC(=O)NCc1nnc(SCc2ccc(F)cc2)n1-c1cc(Cl)ccc1Cl. The minimum atomic E-state index is -0.282. The molecule has 1 aromatic heterocycles. The van der Waals surface area contributed by atoms with Gasteiger partial charge in [-0.25, -0.2) is 4.39 Å². The van der Waals surface area contributed by atoms with E-state index in [1.165, 1.54) is 23.9 Å². The molecule has 3 aromatic rings. The molecule has 0 radical (unpaired) electrons. The summed E-state index contributed by atoms with van der Waals surface area (Å²) in [5.74, 6) is 0.746. The van der Waals surface area contributed by atoms with Crippen molar-refractivity contribution in [2.75, 3.05) is 0 Å². The number of aromatic nitrogens is 3. The summed E-state index contributed by atoms with van der Waals surface area (Å²) in [4.78, 5) is 12.3. The molecule has 9 heteroatoms. The summed E-state index contributed by atoms with van der Waals surface area (Å²) < 4.78 is 15.0. The highest BCUT2D eigenvalue weighted by Gasteiger charge is 2.20. The molecule has 0 bridgehead atoms. The van der Waals surface area contributed by atoms with Gasteiger partial charge in [0.25, 0.3) is 0 Å². The number of halogens is 3. The number of nitrogens with one attached hydrogen (secondary N) is 1. The standard InChI is InChI=1S/C22H23Cl2FN4OS/c1-22(2,3)11-20(30)26-12-19-27-28-21(31-13-14-4-7-16(25)8-5-14)29(19)18-10-15(23)6-9-17(18)24/h4-10H,11-13H2,1-3H3,(H,26,30). The Balaban J connectivity index is 1.87. The van der Waals surface area contributed by atoms with E-state index in [2.05, 4.69) is 15.5 Å². The van der Waals surface area contributed by atoms with E-state index in [9.17, 15) is 9.18 Å². The largest absolute Gasteiger partial charge is 0.349 e. The van der Waals surface area contributed by atoms with Crippen molar-refractivity contribution in [2.45, 2.75) is 44.6 Å². The first kappa shape index (κ1) is 23.6. The highest BCUT2D eigenvalue weighted by atomic mass is 35.5. The number of nitrogens with zero attached hydrogens (tertiary/aromatic N) is 3. The van der Waals surface area contributed by atoms with E-state index in [0.717, 1.165) is 5.56 Å². The molecule has 1 heterocycles. The average molecular weight is 481 g/mol. The number of carbonyl (C=O) groups is 1. The van der Waals surface area contributed by atoms with Crippen LogP contribution in [0.5, 0.6) is 0 Å². The predicted octanol–water partition coefficient (Wildman–Crippen LogP) is 6.06. The van der Waals surface area contributed by atoms with Crippen LogP contribution in [-0.2, 0) is 17.1 Å². The van der Waals surface area contributed by atoms with Gasteiger partial charge in [-0.05, 0) is 41.3 Å². The van der Waals surface area contributed by atoms with E-state index in [4.69, 9.17) is 23.2 Å². The molecule has 0 saturated heterocycles. The third-order valence-corrected chi connectivity index (χ3v) is 5.82. The summed E-state index contributed by atoms with van der Waals surface area (Å²) in [5.41, 5.74) is 1.45. The van der Waals surface area contributed by atoms with Crippen LogP contribution in [0.3, 0.4) is 0 Å². The normalized spacial score (nSPS) is 11.5.